The lowest BCUT2D eigenvalue weighted by molar-refractivity contribution is 0.237. The van der Waals surface area contributed by atoms with Gasteiger partial charge in [0.15, 0.2) is 4.77 Å². The minimum absolute atomic E-state index is 0.470. The van der Waals surface area contributed by atoms with E-state index < -0.39 is 0 Å². The van der Waals surface area contributed by atoms with Gasteiger partial charge in [0.05, 0.1) is 21.1 Å². The number of aromatic nitrogens is 2. The molecule has 0 saturated carbocycles. The number of hydrogen-bond donors (Lipinski definition) is 1. The second-order valence-electron chi connectivity index (χ2n) is 5.42. The smallest absolute Gasteiger partial charge is 0.178 e. The molecule has 0 radical (unpaired) electrons. The number of nitrogens with one attached hydrogen (secondary N) is 1. The number of rotatable bonds is 3. The van der Waals surface area contributed by atoms with Crippen LogP contribution in [-0.2, 0) is 6.54 Å². The lowest BCUT2D eigenvalue weighted by Crippen LogP contribution is -2.33. The highest BCUT2D eigenvalue weighted by Crippen LogP contribution is 2.28. The minimum atomic E-state index is 0.470. The summed E-state index contributed by atoms with van der Waals surface area (Å²) in [4.78, 5) is 5.72. The lowest BCUT2D eigenvalue weighted by Gasteiger charge is -2.24. The maximum Gasteiger partial charge on any atom is 0.178 e. The van der Waals surface area contributed by atoms with Crippen molar-refractivity contribution in [3.8, 4) is 0 Å². The maximum atomic E-state index is 6.13. The third-order valence-corrected chi connectivity index (χ3v) is 5.07. The molecule has 1 aromatic carbocycles. The van der Waals surface area contributed by atoms with Crippen LogP contribution in [0.15, 0.2) is 12.1 Å². The highest BCUT2D eigenvalue weighted by atomic mass is 35.5. The Hall–Kier alpha value is -0.550. The Labute approximate surface area is 133 Å². The van der Waals surface area contributed by atoms with Crippen molar-refractivity contribution < 1.29 is 0 Å². The van der Waals surface area contributed by atoms with Gasteiger partial charge >= 0.3 is 0 Å². The van der Waals surface area contributed by atoms with Gasteiger partial charge in [-0.25, -0.2) is 0 Å². The summed E-state index contributed by atoms with van der Waals surface area (Å²) in [5, 5.41) is 1.12. The number of imidazole rings is 1. The van der Waals surface area contributed by atoms with E-state index in [4.69, 9.17) is 35.4 Å². The third-order valence-electron chi connectivity index (χ3n) is 4.03. The second kappa shape index (κ2) is 5.68. The number of hydrogen-bond acceptors (Lipinski definition) is 2. The molecular weight excluding hydrogens is 313 g/mol. The Balaban J connectivity index is 1.96. The fourth-order valence-corrected chi connectivity index (χ4v) is 3.50. The molecule has 1 aromatic heterocycles. The van der Waals surface area contributed by atoms with Gasteiger partial charge < -0.3 is 9.55 Å². The van der Waals surface area contributed by atoms with E-state index in [-0.39, 0.29) is 0 Å². The van der Waals surface area contributed by atoms with E-state index in [9.17, 15) is 0 Å². The maximum absolute atomic E-state index is 6.13. The normalized spacial score (nSPS) is 17.9. The Bertz CT molecular complexity index is 686. The zero-order valence-electron chi connectivity index (χ0n) is 11.3. The van der Waals surface area contributed by atoms with E-state index in [0.29, 0.717) is 16.1 Å². The molecule has 2 heterocycles. The van der Waals surface area contributed by atoms with E-state index in [0.717, 1.165) is 22.3 Å². The Morgan fingerprint density at radius 2 is 1.90 bits per heavy atom. The molecule has 1 aliphatic heterocycles. The molecule has 0 amide bonds. The summed E-state index contributed by atoms with van der Waals surface area (Å²) < 4.78 is 2.85. The topological polar surface area (TPSA) is 24.0 Å². The summed E-state index contributed by atoms with van der Waals surface area (Å²) >= 11 is 17.6. The van der Waals surface area contributed by atoms with Gasteiger partial charge in [-0.2, -0.15) is 0 Å². The molecule has 1 unspecified atom stereocenters. The first-order valence-electron chi connectivity index (χ1n) is 6.88. The third kappa shape index (κ3) is 2.62. The molecule has 1 N–H and O–H groups in total. The van der Waals surface area contributed by atoms with Gasteiger partial charge in [-0.3, -0.25) is 4.90 Å². The van der Waals surface area contributed by atoms with Crippen LogP contribution in [0.2, 0.25) is 10.0 Å². The molecular formula is C14H17Cl2N3S. The Morgan fingerprint density at radius 3 is 2.60 bits per heavy atom. The first-order valence-corrected chi connectivity index (χ1v) is 8.04. The van der Waals surface area contributed by atoms with Crippen molar-refractivity contribution in [3.05, 3.63) is 26.9 Å². The number of likely N-dealkylation sites (tertiary alicyclic amines) is 1. The Kier molecular flexibility index (Phi) is 4.09. The molecule has 1 aliphatic rings. The number of fused-ring (bicyclic) bond motifs is 1. The predicted molar refractivity (Wildman–Crippen MR) is 87.4 cm³/mol. The number of H-pyrrole nitrogens is 1. The average Bonchev–Trinajstić information content (AvgIpc) is 3.01. The molecule has 0 bridgehead atoms. The van der Waals surface area contributed by atoms with Crippen molar-refractivity contribution in [1.29, 1.82) is 0 Å². The SMILES string of the molecule is CC(Cn1c(=S)[nH]c2cc(Cl)c(Cl)cc21)N1CCCC1. The van der Waals surface area contributed by atoms with Crippen LogP contribution in [-0.4, -0.2) is 33.6 Å². The summed E-state index contributed by atoms with van der Waals surface area (Å²) in [6.07, 6.45) is 2.59. The molecule has 3 rings (SSSR count). The first-order chi connectivity index (χ1) is 9.56. The molecule has 108 valence electrons. The van der Waals surface area contributed by atoms with Crippen molar-refractivity contribution in [1.82, 2.24) is 14.5 Å². The predicted octanol–water partition coefficient (Wildman–Crippen LogP) is 4.49. The van der Waals surface area contributed by atoms with Crippen LogP contribution >= 0.6 is 35.4 Å². The van der Waals surface area contributed by atoms with Crippen molar-refractivity contribution >= 4 is 46.5 Å². The highest BCUT2D eigenvalue weighted by molar-refractivity contribution is 7.71. The molecule has 1 atom stereocenters. The van der Waals surface area contributed by atoms with Gasteiger partial charge in [-0.05, 0) is 57.2 Å². The summed E-state index contributed by atoms with van der Waals surface area (Å²) in [6, 6.07) is 4.20. The van der Waals surface area contributed by atoms with Crippen LogP contribution in [0.4, 0.5) is 0 Å². The molecule has 1 fully saturated rings. The van der Waals surface area contributed by atoms with Crippen LogP contribution < -0.4 is 0 Å². The van der Waals surface area contributed by atoms with E-state index in [1.54, 1.807) is 0 Å². The Morgan fingerprint density at radius 1 is 1.25 bits per heavy atom. The van der Waals surface area contributed by atoms with Crippen molar-refractivity contribution in [2.45, 2.75) is 32.4 Å². The molecule has 2 aromatic rings. The lowest BCUT2D eigenvalue weighted by atomic mass is 10.2. The van der Waals surface area contributed by atoms with E-state index in [1.807, 2.05) is 12.1 Å². The van der Waals surface area contributed by atoms with Crippen LogP contribution in [0.5, 0.6) is 0 Å². The van der Waals surface area contributed by atoms with Gasteiger partial charge in [-0.15, -0.1) is 0 Å². The molecule has 6 heteroatoms. The first kappa shape index (κ1) is 14.4. The van der Waals surface area contributed by atoms with Gasteiger partial charge in [0.1, 0.15) is 0 Å². The van der Waals surface area contributed by atoms with Crippen LogP contribution in [0.1, 0.15) is 19.8 Å². The van der Waals surface area contributed by atoms with E-state index in [1.165, 1.54) is 25.9 Å². The largest absolute Gasteiger partial charge is 0.331 e. The van der Waals surface area contributed by atoms with Crippen LogP contribution in [0.25, 0.3) is 11.0 Å². The van der Waals surface area contributed by atoms with Gasteiger partial charge in [0, 0.05) is 12.6 Å². The second-order valence-corrected chi connectivity index (χ2v) is 6.62. The molecule has 0 spiro atoms. The monoisotopic (exact) mass is 329 g/mol. The quantitative estimate of drug-likeness (QED) is 0.839. The summed E-state index contributed by atoms with van der Waals surface area (Å²) in [5.74, 6) is 0. The summed E-state index contributed by atoms with van der Waals surface area (Å²) in [7, 11) is 0. The van der Waals surface area contributed by atoms with Gasteiger partial charge in [-0.1, -0.05) is 23.2 Å². The number of nitrogens with zero attached hydrogens (tertiary/aromatic N) is 2. The summed E-state index contributed by atoms with van der Waals surface area (Å²) in [6.45, 7) is 5.49. The molecule has 0 aliphatic carbocycles. The van der Waals surface area contributed by atoms with Gasteiger partial charge in [0.25, 0.3) is 0 Å². The fourth-order valence-electron chi connectivity index (χ4n) is 2.90. The zero-order valence-corrected chi connectivity index (χ0v) is 13.7. The fraction of sp³-hybridized carbons (Fsp3) is 0.500. The van der Waals surface area contributed by atoms with Crippen molar-refractivity contribution in [2.75, 3.05) is 13.1 Å². The molecule has 1 saturated heterocycles. The molecule has 20 heavy (non-hydrogen) atoms. The van der Waals surface area contributed by atoms with Crippen LogP contribution in [0, 0.1) is 4.77 Å². The highest BCUT2D eigenvalue weighted by Gasteiger charge is 2.19. The summed E-state index contributed by atoms with van der Waals surface area (Å²) in [5.41, 5.74) is 1.97. The van der Waals surface area contributed by atoms with Crippen LogP contribution in [0.3, 0.4) is 0 Å². The standard InChI is InChI=1S/C14H17Cl2N3S/c1-9(18-4-2-3-5-18)8-19-13-7-11(16)10(15)6-12(13)17-14(19)20/h6-7,9H,2-5,8H2,1H3,(H,17,20). The molecule has 3 nitrogen and oxygen atoms in total. The number of halogens is 2. The minimum Gasteiger partial charge on any atom is -0.331 e. The zero-order chi connectivity index (χ0) is 14.3. The van der Waals surface area contributed by atoms with Gasteiger partial charge in [0.2, 0.25) is 0 Å². The number of benzene rings is 1. The van der Waals surface area contributed by atoms with E-state index in [2.05, 4.69) is 21.4 Å². The average molecular weight is 330 g/mol. The number of aromatic amines is 1. The van der Waals surface area contributed by atoms with E-state index >= 15 is 0 Å². The van der Waals surface area contributed by atoms with Crippen molar-refractivity contribution in [3.63, 3.8) is 0 Å². The van der Waals surface area contributed by atoms with Crippen molar-refractivity contribution in [2.24, 2.45) is 0 Å².